The Balaban J connectivity index is 2.04. The Morgan fingerprint density at radius 2 is 2.10 bits per heavy atom. The molecule has 0 aliphatic carbocycles. The maximum absolute atomic E-state index is 12.1. The van der Waals surface area contributed by atoms with E-state index in [2.05, 4.69) is 4.72 Å². The lowest BCUT2D eigenvalue weighted by molar-refractivity contribution is 0.0701. The molecule has 2 N–H and O–H groups in total. The van der Waals surface area contributed by atoms with Crippen LogP contribution in [0.4, 0.5) is 0 Å². The van der Waals surface area contributed by atoms with Gasteiger partial charge in [-0.2, -0.15) is 0 Å². The summed E-state index contributed by atoms with van der Waals surface area (Å²) in [5.41, 5.74) is 0.443. The Bertz CT molecular complexity index is 763. The molecular weight excluding hydrogens is 354 g/mol. The summed E-state index contributed by atoms with van der Waals surface area (Å²) in [4.78, 5) is 12.0. The summed E-state index contributed by atoms with van der Waals surface area (Å²) < 4.78 is 27.3. The summed E-state index contributed by atoms with van der Waals surface area (Å²) in [6, 6.07) is 4.98. The molecule has 0 unspecified atom stereocenters. The van der Waals surface area contributed by atoms with Crippen LogP contribution in [0.25, 0.3) is 0 Å². The number of carboxylic acid groups (broad SMARTS) is 1. The lowest BCUT2D eigenvalue weighted by Crippen LogP contribution is -2.25. The topological polar surface area (TPSA) is 83.5 Å². The zero-order valence-electron chi connectivity index (χ0n) is 10.9. The Morgan fingerprint density at radius 1 is 1.38 bits per heavy atom. The van der Waals surface area contributed by atoms with Crippen molar-refractivity contribution in [2.24, 2.45) is 0 Å². The fourth-order valence-corrected chi connectivity index (χ4v) is 5.21. The van der Waals surface area contributed by atoms with Gasteiger partial charge in [0.05, 0.1) is 4.34 Å². The van der Waals surface area contributed by atoms with Gasteiger partial charge in [0.15, 0.2) is 0 Å². The highest BCUT2D eigenvalue weighted by molar-refractivity contribution is 7.91. The first-order chi connectivity index (χ1) is 9.79. The van der Waals surface area contributed by atoms with Gasteiger partial charge >= 0.3 is 5.97 Å². The first kappa shape index (κ1) is 16.4. The Labute approximate surface area is 135 Å². The van der Waals surface area contributed by atoms with Gasteiger partial charge in [-0.15, -0.1) is 22.7 Å². The van der Waals surface area contributed by atoms with Crippen molar-refractivity contribution in [3.8, 4) is 0 Å². The highest BCUT2D eigenvalue weighted by Gasteiger charge is 2.21. The van der Waals surface area contributed by atoms with Crippen LogP contribution in [-0.4, -0.2) is 26.0 Å². The van der Waals surface area contributed by atoms with Crippen molar-refractivity contribution < 1.29 is 18.3 Å². The van der Waals surface area contributed by atoms with Crippen LogP contribution in [0, 0.1) is 6.92 Å². The monoisotopic (exact) mass is 365 g/mol. The molecule has 5 nitrogen and oxygen atoms in total. The van der Waals surface area contributed by atoms with Gasteiger partial charge in [0.25, 0.3) is 0 Å². The van der Waals surface area contributed by atoms with Crippen LogP contribution in [0.15, 0.2) is 22.4 Å². The second kappa shape index (κ2) is 6.45. The lowest BCUT2D eigenvalue weighted by atomic mass is 10.3. The van der Waals surface area contributed by atoms with E-state index in [0.29, 0.717) is 16.3 Å². The van der Waals surface area contributed by atoms with E-state index in [1.54, 1.807) is 13.0 Å². The molecule has 0 aliphatic heterocycles. The first-order valence-corrected chi connectivity index (χ1v) is 9.36. The number of hydrogen-bond donors (Lipinski definition) is 2. The van der Waals surface area contributed by atoms with E-state index in [0.717, 1.165) is 16.2 Å². The van der Waals surface area contributed by atoms with Gasteiger partial charge in [0, 0.05) is 11.4 Å². The lowest BCUT2D eigenvalue weighted by Gasteiger charge is -2.03. The minimum absolute atomic E-state index is 0.0154. The zero-order valence-corrected chi connectivity index (χ0v) is 14.1. The standard InChI is InChI=1S/C12H12ClNO4S3/c1-7-6-10(20-11(7)12(15)16)21(17,18)14-5-4-8-2-3-9(13)19-8/h2-3,6,14H,4-5H2,1H3,(H,15,16). The summed E-state index contributed by atoms with van der Waals surface area (Å²) in [6.07, 6.45) is 0.534. The summed E-state index contributed by atoms with van der Waals surface area (Å²) in [5.74, 6) is -1.12. The SMILES string of the molecule is Cc1cc(S(=O)(=O)NCCc2ccc(Cl)s2)sc1C(=O)O. The number of thiophene rings is 2. The maximum atomic E-state index is 12.1. The molecular formula is C12H12ClNO4S3. The zero-order chi connectivity index (χ0) is 15.6. The van der Waals surface area contributed by atoms with Crippen LogP contribution in [0.5, 0.6) is 0 Å². The predicted octanol–water partition coefficient (Wildman–Crippen LogP) is 2.99. The van der Waals surface area contributed by atoms with Gasteiger partial charge in [0.1, 0.15) is 9.09 Å². The third-order valence-corrected chi connectivity index (χ3v) is 7.10. The van der Waals surface area contributed by atoms with Gasteiger partial charge in [0.2, 0.25) is 10.0 Å². The van der Waals surface area contributed by atoms with Crippen molar-refractivity contribution in [1.29, 1.82) is 0 Å². The number of rotatable bonds is 6. The third-order valence-electron chi connectivity index (χ3n) is 2.65. The summed E-state index contributed by atoms with van der Waals surface area (Å²) in [5, 5.41) is 8.96. The van der Waals surface area contributed by atoms with E-state index in [9.17, 15) is 13.2 Å². The van der Waals surface area contributed by atoms with Gasteiger partial charge < -0.3 is 5.11 Å². The van der Waals surface area contributed by atoms with Crippen molar-refractivity contribution >= 4 is 50.3 Å². The fourth-order valence-electron chi connectivity index (χ4n) is 1.66. The van der Waals surface area contributed by atoms with E-state index >= 15 is 0 Å². The molecule has 2 heterocycles. The highest BCUT2D eigenvalue weighted by atomic mass is 35.5. The number of carboxylic acids is 1. The fraction of sp³-hybridized carbons (Fsp3) is 0.250. The minimum Gasteiger partial charge on any atom is -0.477 e. The Hall–Kier alpha value is -0.930. The van der Waals surface area contributed by atoms with Crippen molar-refractivity contribution in [2.45, 2.75) is 17.6 Å². The molecule has 0 saturated heterocycles. The van der Waals surface area contributed by atoms with E-state index in [1.807, 2.05) is 6.07 Å². The molecule has 0 radical (unpaired) electrons. The van der Waals surface area contributed by atoms with Crippen LogP contribution in [0.2, 0.25) is 4.34 Å². The summed E-state index contributed by atoms with van der Waals surface area (Å²) in [7, 11) is -3.68. The van der Waals surface area contributed by atoms with Crippen molar-refractivity contribution in [2.75, 3.05) is 6.54 Å². The molecule has 114 valence electrons. The van der Waals surface area contributed by atoms with E-state index in [-0.39, 0.29) is 15.6 Å². The highest BCUT2D eigenvalue weighted by Crippen LogP contribution is 2.26. The van der Waals surface area contributed by atoms with E-state index < -0.39 is 16.0 Å². The molecule has 0 fully saturated rings. The molecule has 0 aliphatic rings. The second-order valence-corrected chi connectivity index (χ2v) is 9.08. The van der Waals surface area contributed by atoms with Gasteiger partial charge in [-0.25, -0.2) is 17.9 Å². The molecule has 0 saturated carbocycles. The molecule has 2 aromatic heterocycles. The number of aryl methyl sites for hydroxylation is 1. The van der Waals surface area contributed by atoms with Crippen molar-refractivity contribution in [3.63, 3.8) is 0 Å². The van der Waals surface area contributed by atoms with Gasteiger partial charge in [-0.1, -0.05) is 11.6 Å². The molecule has 2 aromatic rings. The number of nitrogens with one attached hydrogen (secondary N) is 1. The number of hydrogen-bond acceptors (Lipinski definition) is 5. The molecule has 2 rings (SSSR count). The quantitative estimate of drug-likeness (QED) is 0.824. The number of aromatic carboxylic acids is 1. The number of halogens is 1. The Kier molecular flexibility index (Phi) is 5.05. The third kappa shape index (κ3) is 4.04. The minimum atomic E-state index is -3.68. The van der Waals surface area contributed by atoms with Crippen molar-refractivity contribution in [3.05, 3.63) is 37.9 Å². The average molecular weight is 366 g/mol. The average Bonchev–Trinajstić information content (AvgIpc) is 2.96. The van der Waals surface area contributed by atoms with Crippen LogP contribution >= 0.6 is 34.3 Å². The van der Waals surface area contributed by atoms with Crippen LogP contribution in [0.1, 0.15) is 20.1 Å². The molecule has 0 bridgehead atoms. The van der Waals surface area contributed by atoms with Crippen LogP contribution < -0.4 is 4.72 Å². The van der Waals surface area contributed by atoms with E-state index in [1.165, 1.54) is 17.4 Å². The van der Waals surface area contributed by atoms with E-state index in [4.69, 9.17) is 16.7 Å². The maximum Gasteiger partial charge on any atom is 0.346 e. The Morgan fingerprint density at radius 3 is 2.62 bits per heavy atom. The normalized spacial score (nSPS) is 11.7. The molecule has 0 amide bonds. The molecule has 0 spiro atoms. The molecule has 0 atom stereocenters. The summed E-state index contributed by atoms with van der Waals surface area (Å²) in [6.45, 7) is 1.81. The smallest absolute Gasteiger partial charge is 0.346 e. The van der Waals surface area contributed by atoms with Gasteiger partial charge in [-0.3, -0.25) is 0 Å². The molecule has 9 heteroatoms. The first-order valence-electron chi connectivity index (χ1n) is 5.87. The predicted molar refractivity (Wildman–Crippen MR) is 84.2 cm³/mol. The molecule has 21 heavy (non-hydrogen) atoms. The summed E-state index contributed by atoms with van der Waals surface area (Å²) >= 11 is 7.96. The molecule has 0 aromatic carbocycles. The van der Waals surface area contributed by atoms with Gasteiger partial charge in [-0.05, 0) is 37.1 Å². The number of sulfonamides is 1. The van der Waals surface area contributed by atoms with Crippen LogP contribution in [0.3, 0.4) is 0 Å². The largest absolute Gasteiger partial charge is 0.477 e. The van der Waals surface area contributed by atoms with Crippen LogP contribution in [-0.2, 0) is 16.4 Å². The number of carbonyl (C=O) groups is 1. The van der Waals surface area contributed by atoms with Crippen molar-refractivity contribution in [1.82, 2.24) is 4.72 Å². The second-order valence-electron chi connectivity index (χ2n) is 4.24.